The van der Waals surface area contributed by atoms with Crippen LogP contribution < -0.4 is 21.5 Å². The van der Waals surface area contributed by atoms with Crippen molar-refractivity contribution in [2.75, 3.05) is 29.1 Å². The number of hydrogen-bond acceptors (Lipinski definition) is 6. The molecule has 0 aliphatic carbocycles. The maximum absolute atomic E-state index is 12.3. The van der Waals surface area contributed by atoms with E-state index in [4.69, 9.17) is 17.3 Å². The van der Waals surface area contributed by atoms with E-state index in [1.165, 1.54) is 11.9 Å². The second-order valence-corrected chi connectivity index (χ2v) is 8.10. The Morgan fingerprint density at radius 2 is 1.77 bits per heavy atom. The van der Waals surface area contributed by atoms with E-state index in [9.17, 15) is 4.79 Å². The normalized spacial score (nSPS) is 14.3. The van der Waals surface area contributed by atoms with E-state index in [0.717, 1.165) is 32.4 Å². The molecule has 1 fully saturated rings. The number of nitrogens with zero attached hydrogens (tertiary/aromatic N) is 3. The lowest BCUT2D eigenvalue weighted by Crippen LogP contribution is -2.36. The lowest BCUT2D eigenvalue weighted by Gasteiger charge is -2.33. The molecular formula is C23H25ClN6O. The molecule has 7 nitrogen and oxygen atoms in total. The number of nitrogen functional groups attached to an aromatic ring is 1. The number of nitrogens with one attached hydrogen (secondary N) is 2. The molecule has 8 heteroatoms. The third kappa shape index (κ3) is 5.24. The third-order valence-electron chi connectivity index (χ3n) is 5.54. The van der Waals surface area contributed by atoms with Crippen LogP contribution in [0.2, 0.25) is 5.02 Å². The molecule has 1 aliphatic rings. The van der Waals surface area contributed by atoms with Gasteiger partial charge >= 0.3 is 0 Å². The van der Waals surface area contributed by atoms with Gasteiger partial charge in [-0.05, 0) is 55.0 Å². The predicted molar refractivity (Wildman–Crippen MR) is 124 cm³/mol. The highest BCUT2D eigenvalue weighted by molar-refractivity contribution is 6.30. The maximum Gasteiger partial charge on any atom is 0.269 e. The van der Waals surface area contributed by atoms with Gasteiger partial charge in [-0.15, -0.1) is 0 Å². The molecule has 2 aromatic carbocycles. The first-order valence-electron chi connectivity index (χ1n) is 10.3. The predicted octanol–water partition coefficient (Wildman–Crippen LogP) is 3.93. The van der Waals surface area contributed by atoms with Crippen LogP contribution in [0, 0.1) is 5.92 Å². The van der Waals surface area contributed by atoms with Gasteiger partial charge in [0.1, 0.15) is 12.0 Å². The Morgan fingerprint density at radius 1 is 1.06 bits per heavy atom. The minimum Gasteiger partial charge on any atom is -0.393 e. The quantitative estimate of drug-likeness (QED) is 0.507. The zero-order chi connectivity index (χ0) is 21.6. The summed E-state index contributed by atoms with van der Waals surface area (Å²) in [6.45, 7) is 1.77. The van der Waals surface area contributed by atoms with E-state index < -0.39 is 0 Å². The molecule has 4 N–H and O–H groups in total. The molecule has 1 aromatic heterocycles. The van der Waals surface area contributed by atoms with E-state index in [-0.39, 0.29) is 5.91 Å². The van der Waals surface area contributed by atoms with Gasteiger partial charge in [0, 0.05) is 23.7 Å². The summed E-state index contributed by atoms with van der Waals surface area (Å²) in [6, 6.07) is 17.2. The van der Waals surface area contributed by atoms with Crippen LogP contribution in [-0.2, 0) is 6.42 Å². The van der Waals surface area contributed by atoms with Crippen LogP contribution in [0.4, 0.5) is 17.3 Å². The first-order valence-corrected chi connectivity index (χ1v) is 10.7. The molecule has 3 aromatic rings. The number of halogens is 1. The van der Waals surface area contributed by atoms with E-state index in [2.05, 4.69) is 50.0 Å². The van der Waals surface area contributed by atoms with Crippen molar-refractivity contribution in [3.63, 3.8) is 0 Å². The molecule has 0 saturated carbocycles. The molecule has 1 saturated heterocycles. The smallest absolute Gasteiger partial charge is 0.269 e. The molecule has 2 heterocycles. The Morgan fingerprint density at radius 3 is 2.48 bits per heavy atom. The highest BCUT2D eigenvalue weighted by Gasteiger charge is 2.23. The minimum atomic E-state index is -0.307. The Bertz CT molecular complexity index is 1020. The van der Waals surface area contributed by atoms with E-state index in [1.54, 1.807) is 24.3 Å². The molecule has 1 amide bonds. The highest BCUT2D eigenvalue weighted by atomic mass is 35.5. The number of hydrazine groups is 1. The average Bonchev–Trinajstić information content (AvgIpc) is 2.80. The minimum absolute atomic E-state index is 0.307. The van der Waals surface area contributed by atoms with Crippen LogP contribution in [0.15, 0.2) is 60.9 Å². The number of hydrogen-bond donors (Lipinski definition) is 3. The van der Waals surface area contributed by atoms with E-state index >= 15 is 0 Å². The number of nitrogens with two attached hydrogens (primary N) is 1. The van der Waals surface area contributed by atoms with Crippen LogP contribution >= 0.6 is 11.6 Å². The number of aromatic nitrogens is 2. The molecule has 160 valence electrons. The van der Waals surface area contributed by atoms with Crippen molar-refractivity contribution in [2.24, 2.45) is 5.92 Å². The topological polar surface area (TPSA) is 96.2 Å². The fraction of sp³-hybridized carbons (Fsp3) is 0.261. The molecule has 0 atom stereocenters. The van der Waals surface area contributed by atoms with Crippen molar-refractivity contribution in [1.29, 1.82) is 0 Å². The van der Waals surface area contributed by atoms with Gasteiger partial charge in [-0.2, -0.15) is 0 Å². The van der Waals surface area contributed by atoms with Crippen molar-refractivity contribution in [2.45, 2.75) is 19.3 Å². The Kier molecular flexibility index (Phi) is 6.52. The van der Waals surface area contributed by atoms with Crippen molar-refractivity contribution < 1.29 is 4.79 Å². The summed E-state index contributed by atoms with van der Waals surface area (Å²) in [5.41, 5.74) is 14.0. The summed E-state index contributed by atoms with van der Waals surface area (Å²) in [5, 5.41) is 0.571. The lowest BCUT2D eigenvalue weighted by atomic mass is 9.90. The molecule has 0 radical (unpaired) electrons. The van der Waals surface area contributed by atoms with Gasteiger partial charge in [0.15, 0.2) is 11.6 Å². The second-order valence-electron chi connectivity index (χ2n) is 7.67. The van der Waals surface area contributed by atoms with Crippen molar-refractivity contribution in [3.05, 3.63) is 77.1 Å². The molecule has 4 rings (SSSR count). The first-order chi connectivity index (χ1) is 15.1. The van der Waals surface area contributed by atoms with Gasteiger partial charge in [-0.1, -0.05) is 41.9 Å². The summed E-state index contributed by atoms with van der Waals surface area (Å²) >= 11 is 5.87. The number of carbonyl (C=O) groups excluding carboxylic acids is 1. The summed E-state index contributed by atoms with van der Waals surface area (Å²) < 4.78 is 0. The fourth-order valence-corrected chi connectivity index (χ4v) is 3.95. The van der Waals surface area contributed by atoms with Crippen molar-refractivity contribution >= 4 is 34.8 Å². The van der Waals surface area contributed by atoms with Gasteiger partial charge in [0.25, 0.3) is 5.91 Å². The standard InChI is InChI=1S/C23H25ClN6O/c24-19-8-6-18(7-9-19)23(31)29-28-21-20(25)22(27-15-26-21)30-12-10-17(11-13-30)14-16-4-2-1-3-5-16/h1-9,15,17H,10-14,25H2,(H,29,31)(H,26,27,28). The van der Waals surface area contributed by atoms with Crippen LogP contribution in [-0.4, -0.2) is 29.0 Å². The van der Waals surface area contributed by atoms with Gasteiger partial charge in [0.2, 0.25) is 0 Å². The summed E-state index contributed by atoms with van der Waals surface area (Å²) in [5.74, 6) is 1.41. The SMILES string of the molecule is Nc1c(NNC(=O)c2ccc(Cl)cc2)ncnc1N1CCC(Cc2ccccc2)CC1. The third-order valence-corrected chi connectivity index (χ3v) is 5.80. The fourth-order valence-electron chi connectivity index (χ4n) is 3.82. The summed E-state index contributed by atoms with van der Waals surface area (Å²) in [6.07, 6.45) is 4.71. The Balaban J connectivity index is 1.35. The van der Waals surface area contributed by atoms with Crippen LogP contribution in [0.1, 0.15) is 28.8 Å². The maximum atomic E-state index is 12.3. The molecule has 0 unspecified atom stereocenters. The van der Waals surface area contributed by atoms with E-state index in [0.29, 0.717) is 33.8 Å². The average molecular weight is 437 g/mol. The largest absolute Gasteiger partial charge is 0.393 e. The number of carbonyl (C=O) groups is 1. The first kappa shape index (κ1) is 20.9. The number of rotatable bonds is 6. The molecular weight excluding hydrogens is 412 g/mol. The van der Waals surface area contributed by atoms with Crippen molar-refractivity contribution in [1.82, 2.24) is 15.4 Å². The van der Waals surface area contributed by atoms with Gasteiger partial charge in [-0.3, -0.25) is 15.6 Å². The second kappa shape index (κ2) is 9.66. The Hall–Kier alpha value is -3.32. The number of anilines is 3. The van der Waals surface area contributed by atoms with Crippen molar-refractivity contribution in [3.8, 4) is 0 Å². The van der Waals surface area contributed by atoms with Gasteiger partial charge in [-0.25, -0.2) is 9.97 Å². The van der Waals surface area contributed by atoms with E-state index in [1.807, 2.05) is 6.07 Å². The number of benzene rings is 2. The summed E-state index contributed by atoms with van der Waals surface area (Å²) in [4.78, 5) is 23.1. The highest BCUT2D eigenvalue weighted by Crippen LogP contribution is 2.30. The molecule has 31 heavy (non-hydrogen) atoms. The number of amides is 1. The van der Waals surface area contributed by atoms with Crippen LogP contribution in [0.5, 0.6) is 0 Å². The van der Waals surface area contributed by atoms with Crippen LogP contribution in [0.3, 0.4) is 0 Å². The molecule has 0 bridgehead atoms. The van der Waals surface area contributed by atoms with Crippen LogP contribution in [0.25, 0.3) is 0 Å². The number of piperidine rings is 1. The zero-order valence-electron chi connectivity index (χ0n) is 17.1. The molecule has 0 spiro atoms. The lowest BCUT2D eigenvalue weighted by molar-refractivity contribution is 0.0962. The zero-order valence-corrected chi connectivity index (χ0v) is 17.8. The Labute approximate surface area is 186 Å². The monoisotopic (exact) mass is 436 g/mol. The molecule has 1 aliphatic heterocycles. The summed E-state index contributed by atoms with van der Waals surface area (Å²) in [7, 11) is 0. The van der Waals surface area contributed by atoms with Gasteiger partial charge in [0.05, 0.1) is 0 Å². The van der Waals surface area contributed by atoms with Gasteiger partial charge < -0.3 is 10.6 Å².